The summed E-state index contributed by atoms with van der Waals surface area (Å²) >= 11 is 0. The highest BCUT2D eigenvalue weighted by Gasteiger charge is 2.40. The van der Waals surface area contributed by atoms with Crippen molar-refractivity contribution >= 4 is 21.6 Å². The van der Waals surface area contributed by atoms with E-state index >= 15 is 0 Å². The highest BCUT2D eigenvalue weighted by atomic mass is 32.2. The molecule has 7 heteroatoms. The second kappa shape index (κ2) is 8.99. The first kappa shape index (κ1) is 21.2. The molecule has 1 amide bonds. The number of rotatable bonds is 5. The van der Waals surface area contributed by atoms with Crippen molar-refractivity contribution < 1.29 is 17.6 Å². The van der Waals surface area contributed by atoms with Gasteiger partial charge in [0.1, 0.15) is 5.82 Å². The van der Waals surface area contributed by atoms with Crippen LogP contribution in [0, 0.1) is 11.7 Å². The fourth-order valence-corrected chi connectivity index (χ4v) is 5.67. The maximum absolute atomic E-state index is 13.9. The second-order valence-electron chi connectivity index (χ2n) is 7.59. The molecule has 1 aliphatic heterocycles. The standard InChI is InChI=1S/C24H23FN2O3S/c25-20-9-7-8-18(16-20)23-15-14-19(24(28)26-21-10-3-1-4-11-21)17-27(23)31(29,30)22-12-5-2-6-13-22/h1-13,16,19,23H,14-15,17H2,(H,26,28)/t19-,23-/m1/s1. The van der Waals surface area contributed by atoms with Crippen LogP contribution in [-0.2, 0) is 14.8 Å². The quantitative estimate of drug-likeness (QED) is 0.633. The lowest BCUT2D eigenvalue weighted by Crippen LogP contribution is -2.45. The van der Waals surface area contributed by atoms with Crippen molar-refractivity contribution in [2.45, 2.75) is 23.8 Å². The number of sulfonamides is 1. The third kappa shape index (κ3) is 4.68. The molecule has 0 spiro atoms. The Bertz CT molecular complexity index is 1150. The van der Waals surface area contributed by atoms with Gasteiger partial charge in [-0.2, -0.15) is 4.31 Å². The van der Waals surface area contributed by atoms with Gasteiger partial charge in [-0.25, -0.2) is 12.8 Å². The summed E-state index contributed by atoms with van der Waals surface area (Å²) < 4.78 is 42.2. The molecule has 3 aromatic carbocycles. The largest absolute Gasteiger partial charge is 0.326 e. The van der Waals surface area contributed by atoms with E-state index in [9.17, 15) is 17.6 Å². The Kier molecular flexibility index (Phi) is 6.15. The summed E-state index contributed by atoms with van der Waals surface area (Å²) in [5.74, 6) is -1.15. The van der Waals surface area contributed by atoms with Crippen LogP contribution in [0.1, 0.15) is 24.4 Å². The zero-order valence-electron chi connectivity index (χ0n) is 16.8. The molecule has 2 atom stereocenters. The highest BCUT2D eigenvalue weighted by molar-refractivity contribution is 7.89. The van der Waals surface area contributed by atoms with Crippen molar-refractivity contribution in [3.8, 4) is 0 Å². The predicted molar refractivity (Wildman–Crippen MR) is 117 cm³/mol. The molecule has 1 saturated heterocycles. The first-order chi connectivity index (χ1) is 14.9. The molecule has 1 aliphatic rings. The lowest BCUT2D eigenvalue weighted by molar-refractivity contribution is -0.121. The summed E-state index contributed by atoms with van der Waals surface area (Å²) in [6, 6.07) is 22.7. The Balaban J connectivity index is 1.65. The molecule has 0 saturated carbocycles. The van der Waals surface area contributed by atoms with Crippen LogP contribution in [-0.4, -0.2) is 25.2 Å². The van der Waals surface area contributed by atoms with Gasteiger partial charge in [-0.3, -0.25) is 4.79 Å². The molecule has 0 bridgehead atoms. The van der Waals surface area contributed by atoms with E-state index in [-0.39, 0.29) is 17.3 Å². The smallest absolute Gasteiger partial charge is 0.243 e. The molecule has 0 aromatic heterocycles. The molecule has 1 N–H and O–H groups in total. The number of hydrogen-bond donors (Lipinski definition) is 1. The van der Waals surface area contributed by atoms with Gasteiger partial charge < -0.3 is 5.32 Å². The van der Waals surface area contributed by atoms with E-state index in [4.69, 9.17) is 0 Å². The summed E-state index contributed by atoms with van der Waals surface area (Å²) in [7, 11) is -3.88. The lowest BCUT2D eigenvalue weighted by Gasteiger charge is -2.38. The molecular formula is C24H23FN2O3S. The topological polar surface area (TPSA) is 66.5 Å². The molecule has 0 aliphatic carbocycles. The van der Waals surface area contributed by atoms with Gasteiger partial charge in [-0.05, 0) is 54.8 Å². The number of anilines is 1. The average molecular weight is 439 g/mol. The number of halogens is 1. The summed E-state index contributed by atoms with van der Waals surface area (Å²) in [5.41, 5.74) is 1.25. The summed E-state index contributed by atoms with van der Waals surface area (Å²) in [4.78, 5) is 13.0. The normalized spacial score (nSPS) is 19.6. The van der Waals surface area contributed by atoms with Crippen molar-refractivity contribution in [1.82, 2.24) is 4.31 Å². The van der Waals surface area contributed by atoms with E-state index < -0.39 is 27.8 Å². The Labute approximate surface area is 181 Å². The number of carbonyl (C=O) groups excluding carboxylic acids is 1. The molecule has 3 aromatic rings. The van der Waals surface area contributed by atoms with Crippen molar-refractivity contribution in [3.05, 3.63) is 96.3 Å². The summed E-state index contributed by atoms with van der Waals surface area (Å²) in [6.07, 6.45) is 0.920. The molecule has 0 unspecified atom stereocenters. The molecule has 31 heavy (non-hydrogen) atoms. The maximum atomic E-state index is 13.9. The summed E-state index contributed by atoms with van der Waals surface area (Å²) in [6.45, 7) is 0.0249. The van der Waals surface area contributed by atoms with Crippen LogP contribution in [0.5, 0.6) is 0 Å². The SMILES string of the molecule is O=C(Nc1ccccc1)[C@@H]1CC[C@H](c2cccc(F)c2)N(S(=O)(=O)c2ccccc2)C1. The van der Waals surface area contributed by atoms with Crippen molar-refractivity contribution in [3.63, 3.8) is 0 Å². The van der Waals surface area contributed by atoms with Crippen molar-refractivity contribution in [2.24, 2.45) is 5.92 Å². The van der Waals surface area contributed by atoms with Crippen LogP contribution in [0.25, 0.3) is 0 Å². The van der Waals surface area contributed by atoms with Gasteiger partial charge in [0.2, 0.25) is 15.9 Å². The molecule has 5 nitrogen and oxygen atoms in total. The highest BCUT2D eigenvalue weighted by Crippen LogP contribution is 2.38. The third-order valence-electron chi connectivity index (χ3n) is 5.53. The Morgan fingerprint density at radius 3 is 2.26 bits per heavy atom. The minimum absolute atomic E-state index is 0.0249. The number of nitrogens with one attached hydrogen (secondary N) is 1. The fraction of sp³-hybridized carbons (Fsp3) is 0.208. The molecule has 1 heterocycles. The number of hydrogen-bond acceptors (Lipinski definition) is 3. The van der Waals surface area contributed by atoms with E-state index in [0.717, 1.165) is 0 Å². The van der Waals surface area contributed by atoms with Crippen LogP contribution >= 0.6 is 0 Å². The summed E-state index contributed by atoms with van der Waals surface area (Å²) in [5, 5.41) is 2.87. The molecular weight excluding hydrogens is 415 g/mol. The minimum Gasteiger partial charge on any atom is -0.326 e. The van der Waals surface area contributed by atoms with Crippen LogP contribution in [0.15, 0.2) is 89.8 Å². The Hall–Kier alpha value is -3.03. The minimum atomic E-state index is -3.88. The van der Waals surface area contributed by atoms with E-state index in [1.165, 1.54) is 28.6 Å². The molecule has 160 valence electrons. The van der Waals surface area contributed by atoms with Crippen LogP contribution in [0.2, 0.25) is 0 Å². The van der Waals surface area contributed by atoms with Gasteiger partial charge in [-0.15, -0.1) is 0 Å². The van der Waals surface area contributed by atoms with Crippen LogP contribution in [0.3, 0.4) is 0 Å². The van der Waals surface area contributed by atoms with Gasteiger partial charge in [0, 0.05) is 12.2 Å². The van der Waals surface area contributed by atoms with Gasteiger partial charge in [-0.1, -0.05) is 48.5 Å². The Morgan fingerprint density at radius 1 is 0.903 bits per heavy atom. The second-order valence-corrected chi connectivity index (χ2v) is 9.48. The first-order valence-electron chi connectivity index (χ1n) is 10.1. The third-order valence-corrected chi connectivity index (χ3v) is 7.42. The number of carbonyl (C=O) groups is 1. The van der Waals surface area contributed by atoms with Gasteiger partial charge in [0.15, 0.2) is 0 Å². The van der Waals surface area contributed by atoms with Crippen LogP contribution in [0.4, 0.5) is 10.1 Å². The van der Waals surface area contributed by atoms with E-state index in [2.05, 4.69) is 5.32 Å². The van der Waals surface area contributed by atoms with E-state index in [1.54, 1.807) is 42.5 Å². The molecule has 1 fully saturated rings. The first-order valence-corrected chi connectivity index (χ1v) is 11.6. The number of nitrogens with zero attached hydrogens (tertiary/aromatic N) is 1. The number of amides is 1. The number of para-hydroxylation sites is 1. The van der Waals surface area contributed by atoms with E-state index in [0.29, 0.717) is 24.1 Å². The van der Waals surface area contributed by atoms with Crippen molar-refractivity contribution in [1.29, 1.82) is 0 Å². The number of benzene rings is 3. The van der Waals surface area contributed by atoms with Gasteiger partial charge >= 0.3 is 0 Å². The van der Waals surface area contributed by atoms with Crippen LogP contribution < -0.4 is 5.32 Å². The Morgan fingerprint density at radius 2 is 1.58 bits per heavy atom. The number of piperidine rings is 1. The monoisotopic (exact) mass is 438 g/mol. The lowest BCUT2D eigenvalue weighted by atomic mass is 9.90. The molecule has 4 rings (SSSR count). The average Bonchev–Trinajstić information content (AvgIpc) is 2.80. The van der Waals surface area contributed by atoms with Gasteiger partial charge in [0.25, 0.3) is 0 Å². The zero-order chi connectivity index (χ0) is 21.8. The molecule has 0 radical (unpaired) electrons. The fourth-order valence-electron chi connectivity index (χ4n) is 3.96. The zero-order valence-corrected chi connectivity index (χ0v) is 17.6. The maximum Gasteiger partial charge on any atom is 0.243 e. The van der Waals surface area contributed by atoms with Gasteiger partial charge in [0.05, 0.1) is 16.9 Å². The predicted octanol–water partition coefficient (Wildman–Crippen LogP) is 4.61. The van der Waals surface area contributed by atoms with E-state index in [1.807, 2.05) is 18.2 Å². The van der Waals surface area contributed by atoms with Crippen molar-refractivity contribution in [2.75, 3.05) is 11.9 Å².